The normalized spacial score (nSPS) is 20.3. The number of carbonyl (C=O) groups excluding carboxylic acids is 2. The van der Waals surface area contributed by atoms with E-state index in [4.69, 9.17) is 15.8 Å². The second-order valence-electron chi connectivity index (χ2n) is 4.15. The molecule has 0 aromatic heterocycles. The van der Waals surface area contributed by atoms with Crippen LogP contribution in [0.2, 0.25) is 5.02 Å². The van der Waals surface area contributed by atoms with Gasteiger partial charge in [0.05, 0.1) is 24.8 Å². The van der Waals surface area contributed by atoms with Crippen LogP contribution in [0.4, 0.5) is 0 Å². The van der Waals surface area contributed by atoms with Gasteiger partial charge in [0.15, 0.2) is 11.5 Å². The number of rotatable bonds is 2. The largest absolute Gasteiger partial charge is 0.465 e. The molecule has 0 N–H and O–H groups in total. The summed E-state index contributed by atoms with van der Waals surface area (Å²) >= 11 is 5.91. The molecule has 0 spiro atoms. The molecule has 0 bridgehead atoms. The van der Waals surface area contributed by atoms with Crippen LogP contribution in [0.1, 0.15) is 5.56 Å². The lowest BCUT2D eigenvalue weighted by atomic mass is 10.1. The van der Waals surface area contributed by atoms with E-state index in [1.165, 1.54) is 24.3 Å². The highest BCUT2D eigenvalue weighted by atomic mass is 35.5. The fourth-order valence-corrected chi connectivity index (χ4v) is 2.84. The van der Waals surface area contributed by atoms with Gasteiger partial charge in [-0.15, -0.1) is 4.40 Å². The van der Waals surface area contributed by atoms with Gasteiger partial charge in [0, 0.05) is 5.56 Å². The summed E-state index contributed by atoms with van der Waals surface area (Å²) in [6, 6.07) is 4.35. The maximum Gasteiger partial charge on any atom is 0.429 e. The van der Waals surface area contributed by atoms with E-state index in [9.17, 15) is 18.0 Å². The summed E-state index contributed by atoms with van der Waals surface area (Å²) in [5.74, 6) is -2.33. The standard InChI is InChI=1S/C13H10ClNO7S/c1-20-12(16)8-6-7-4-3-5-9(14)11(7)22-23(18,19)15-10(8)13(17)21-2/h3-6H,1-2H3/b8-6+,15-10+. The third-order valence-corrected chi connectivity index (χ3v) is 3.81. The van der Waals surface area contributed by atoms with Crippen molar-refractivity contribution in [2.45, 2.75) is 0 Å². The second kappa shape index (κ2) is 6.39. The average Bonchev–Trinajstić information content (AvgIpc) is 2.50. The number of carbonyl (C=O) groups is 2. The molecule has 8 nitrogen and oxygen atoms in total. The maximum atomic E-state index is 12.0. The minimum Gasteiger partial charge on any atom is -0.465 e. The van der Waals surface area contributed by atoms with Crippen LogP contribution < -0.4 is 4.18 Å². The molecule has 0 unspecified atom stereocenters. The zero-order valence-corrected chi connectivity index (χ0v) is 13.5. The van der Waals surface area contributed by atoms with Crippen molar-refractivity contribution in [3.05, 3.63) is 34.4 Å². The summed E-state index contributed by atoms with van der Waals surface area (Å²) in [5.41, 5.74) is -1.02. The van der Waals surface area contributed by atoms with Gasteiger partial charge in [-0.1, -0.05) is 23.7 Å². The molecule has 1 aliphatic rings. The molecule has 0 atom stereocenters. The van der Waals surface area contributed by atoms with Crippen LogP contribution >= 0.6 is 11.6 Å². The van der Waals surface area contributed by atoms with Gasteiger partial charge in [0.25, 0.3) is 0 Å². The second-order valence-corrected chi connectivity index (χ2v) is 5.76. The van der Waals surface area contributed by atoms with E-state index >= 15 is 0 Å². The molecule has 23 heavy (non-hydrogen) atoms. The Kier molecular flexibility index (Phi) is 4.71. The lowest BCUT2D eigenvalue weighted by molar-refractivity contribution is -0.137. The van der Waals surface area contributed by atoms with E-state index in [0.29, 0.717) is 0 Å². The van der Waals surface area contributed by atoms with Crippen LogP contribution in [0.3, 0.4) is 0 Å². The SMILES string of the molecule is COC(=O)C1=C/c2cccc(Cl)c2OS(=O)(=O)/N=C\1C(=O)OC. The van der Waals surface area contributed by atoms with Crippen molar-refractivity contribution in [2.75, 3.05) is 14.2 Å². The van der Waals surface area contributed by atoms with Gasteiger partial charge in [-0.25, -0.2) is 9.59 Å². The van der Waals surface area contributed by atoms with Gasteiger partial charge in [0.2, 0.25) is 0 Å². The molecular formula is C13H10ClNO7S. The number of methoxy groups -OCH3 is 2. The molecule has 0 saturated carbocycles. The van der Waals surface area contributed by atoms with Crippen LogP contribution in [-0.2, 0) is 29.4 Å². The first-order valence-corrected chi connectivity index (χ1v) is 7.75. The zero-order valence-electron chi connectivity index (χ0n) is 11.9. The van der Waals surface area contributed by atoms with Crippen molar-refractivity contribution in [1.29, 1.82) is 0 Å². The van der Waals surface area contributed by atoms with Crippen molar-refractivity contribution in [2.24, 2.45) is 4.40 Å². The lowest BCUT2D eigenvalue weighted by Crippen LogP contribution is -2.27. The van der Waals surface area contributed by atoms with Crippen LogP contribution in [0.5, 0.6) is 5.75 Å². The van der Waals surface area contributed by atoms with Crippen molar-refractivity contribution >= 4 is 45.6 Å². The highest BCUT2D eigenvalue weighted by molar-refractivity contribution is 7.86. The Morgan fingerprint density at radius 2 is 1.83 bits per heavy atom. The number of ether oxygens (including phenoxy) is 2. The Morgan fingerprint density at radius 1 is 1.17 bits per heavy atom. The van der Waals surface area contributed by atoms with Crippen LogP contribution in [0.25, 0.3) is 6.08 Å². The van der Waals surface area contributed by atoms with Crippen molar-refractivity contribution in [3.8, 4) is 5.75 Å². The molecule has 0 aliphatic carbocycles. The summed E-state index contributed by atoms with van der Waals surface area (Å²) in [6.07, 6.45) is 1.18. The predicted molar refractivity (Wildman–Crippen MR) is 80.4 cm³/mol. The Labute approximate surface area is 136 Å². The van der Waals surface area contributed by atoms with Crippen molar-refractivity contribution < 1.29 is 31.7 Å². The summed E-state index contributed by atoms with van der Waals surface area (Å²) in [4.78, 5) is 23.7. The molecule has 2 rings (SSSR count). The first-order valence-electron chi connectivity index (χ1n) is 6.00. The first-order chi connectivity index (χ1) is 10.8. The third kappa shape index (κ3) is 3.51. The van der Waals surface area contributed by atoms with E-state index in [1.807, 2.05) is 0 Å². The summed E-state index contributed by atoms with van der Waals surface area (Å²) < 4.78 is 40.9. The summed E-state index contributed by atoms with van der Waals surface area (Å²) in [5, 5.41) is -0.0109. The topological polar surface area (TPSA) is 108 Å². The molecular weight excluding hydrogens is 350 g/mol. The predicted octanol–water partition coefficient (Wildman–Crippen LogP) is 1.15. The van der Waals surface area contributed by atoms with Gasteiger partial charge >= 0.3 is 22.2 Å². The number of nitrogens with zero attached hydrogens (tertiary/aromatic N) is 1. The monoisotopic (exact) mass is 359 g/mol. The Balaban J connectivity index is 2.82. The fourth-order valence-electron chi connectivity index (χ4n) is 1.75. The van der Waals surface area contributed by atoms with E-state index in [0.717, 1.165) is 14.2 Å². The fraction of sp³-hybridized carbons (Fsp3) is 0.154. The molecule has 1 aromatic rings. The van der Waals surface area contributed by atoms with Gasteiger partial charge < -0.3 is 13.7 Å². The Hall–Kier alpha value is -2.39. The maximum absolute atomic E-state index is 12.0. The average molecular weight is 360 g/mol. The minimum absolute atomic E-state index is 0.0109. The van der Waals surface area contributed by atoms with E-state index < -0.39 is 33.5 Å². The van der Waals surface area contributed by atoms with Gasteiger partial charge in [-0.05, 0) is 12.1 Å². The quantitative estimate of drug-likeness (QED) is 0.728. The number of esters is 2. The Morgan fingerprint density at radius 3 is 2.43 bits per heavy atom. The highest BCUT2D eigenvalue weighted by Crippen LogP contribution is 2.33. The molecule has 1 aromatic carbocycles. The summed E-state index contributed by atoms with van der Waals surface area (Å²) in [6.45, 7) is 0. The van der Waals surface area contributed by atoms with E-state index in [-0.39, 0.29) is 16.3 Å². The van der Waals surface area contributed by atoms with E-state index in [2.05, 4.69) is 13.9 Å². The molecule has 1 aliphatic heterocycles. The molecule has 10 heteroatoms. The Bertz CT molecular complexity index is 842. The van der Waals surface area contributed by atoms with Crippen molar-refractivity contribution in [1.82, 2.24) is 0 Å². The number of fused-ring (bicyclic) bond motifs is 1. The molecule has 0 radical (unpaired) electrons. The van der Waals surface area contributed by atoms with Crippen LogP contribution in [0, 0.1) is 0 Å². The molecule has 0 amide bonds. The summed E-state index contributed by atoms with van der Waals surface area (Å²) in [7, 11) is -2.52. The number of hydrogen-bond acceptors (Lipinski definition) is 7. The van der Waals surface area contributed by atoms with E-state index in [1.54, 1.807) is 0 Å². The lowest BCUT2D eigenvalue weighted by Gasteiger charge is -2.14. The number of benzene rings is 1. The van der Waals surface area contributed by atoms with Crippen LogP contribution in [-0.4, -0.2) is 40.3 Å². The number of para-hydroxylation sites is 1. The zero-order chi connectivity index (χ0) is 17.2. The van der Waals surface area contributed by atoms with Gasteiger partial charge in [0.1, 0.15) is 0 Å². The number of halogens is 1. The van der Waals surface area contributed by atoms with Gasteiger partial charge in [-0.2, -0.15) is 8.42 Å². The first kappa shape index (κ1) is 17.0. The molecule has 1 heterocycles. The molecule has 122 valence electrons. The van der Waals surface area contributed by atoms with Crippen molar-refractivity contribution in [3.63, 3.8) is 0 Å². The minimum atomic E-state index is -4.60. The molecule has 0 fully saturated rings. The third-order valence-electron chi connectivity index (χ3n) is 2.73. The van der Waals surface area contributed by atoms with Gasteiger partial charge in [-0.3, -0.25) is 0 Å². The number of hydrogen-bond donors (Lipinski definition) is 0. The highest BCUT2D eigenvalue weighted by Gasteiger charge is 2.31. The smallest absolute Gasteiger partial charge is 0.429 e. The van der Waals surface area contributed by atoms with Crippen LogP contribution in [0.15, 0.2) is 28.2 Å². The molecule has 0 saturated heterocycles.